The second-order valence-electron chi connectivity index (χ2n) is 4.78. The second kappa shape index (κ2) is 7.77. The lowest BCUT2D eigenvalue weighted by atomic mass is 10.0. The molecule has 1 aromatic carbocycles. The molecule has 1 unspecified atom stereocenters. The minimum absolute atomic E-state index is 0.235. The molecule has 0 aliphatic heterocycles. The van der Waals surface area contributed by atoms with Crippen molar-refractivity contribution in [3.63, 3.8) is 0 Å². The Labute approximate surface area is 119 Å². The first-order valence-electron chi connectivity index (χ1n) is 7.02. The molecule has 0 saturated carbocycles. The molecule has 5 heteroatoms. The highest BCUT2D eigenvalue weighted by Gasteiger charge is 2.09. The Kier molecular flexibility index (Phi) is 5.70. The van der Waals surface area contributed by atoms with E-state index >= 15 is 0 Å². The van der Waals surface area contributed by atoms with Crippen LogP contribution in [0.3, 0.4) is 0 Å². The highest BCUT2D eigenvalue weighted by molar-refractivity contribution is 5.51. The van der Waals surface area contributed by atoms with E-state index in [1.54, 1.807) is 0 Å². The number of aliphatic hydroxyl groups is 1. The molecule has 1 atom stereocenters. The molecule has 5 nitrogen and oxygen atoms in total. The first kappa shape index (κ1) is 14.7. The van der Waals surface area contributed by atoms with E-state index in [4.69, 9.17) is 9.52 Å². The quantitative estimate of drug-likeness (QED) is 0.773. The van der Waals surface area contributed by atoms with Gasteiger partial charge in [0.15, 0.2) is 0 Å². The molecule has 1 aromatic heterocycles. The number of aromatic nitrogens is 2. The molecule has 2 rings (SSSR count). The van der Waals surface area contributed by atoms with Gasteiger partial charge < -0.3 is 14.8 Å². The van der Waals surface area contributed by atoms with Gasteiger partial charge >= 0.3 is 0 Å². The van der Waals surface area contributed by atoms with Crippen LogP contribution in [0.4, 0.5) is 0 Å². The average Bonchev–Trinajstić information content (AvgIpc) is 2.96. The van der Waals surface area contributed by atoms with Gasteiger partial charge in [0, 0.05) is 12.2 Å². The molecule has 0 bridgehead atoms. The van der Waals surface area contributed by atoms with Crippen molar-refractivity contribution in [2.75, 3.05) is 13.2 Å². The average molecular weight is 275 g/mol. The maximum Gasteiger partial charge on any atom is 0.247 e. The van der Waals surface area contributed by atoms with Crippen molar-refractivity contribution in [3.8, 4) is 11.5 Å². The molecule has 1 heterocycles. The summed E-state index contributed by atoms with van der Waals surface area (Å²) in [6.45, 7) is 3.77. The van der Waals surface area contributed by atoms with E-state index < -0.39 is 0 Å². The number of hydrogen-bond acceptors (Lipinski definition) is 5. The van der Waals surface area contributed by atoms with Crippen molar-refractivity contribution >= 4 is 0 Å². The molecule has 0 saturated heterocycles. The maximum absolute atomic E-state index is 8.94. The highest BCUT2D eigenvalue weighted by Crippen LogP contribution is 2.16. The first-order valence-corrected chi connectivity index (χ1v) is 7.02. The van der Waals surface area contributed by atoms with E-state index in [2.05, 4.69) is 22.4 Å². The van der Waals surface area contributed by atoms with Gasteiger partial charge in [0.05, 0.1) is 6.54 Å². The normalized spacial score (nSPS) is 12.5. The number of hydrogen-bond donors (Lipinski definition) is 2. The van der Waals surface area contributed by atoms with Gasteiger partial charge in [-0.1, -0.05) is 31.5 Å². The molecule has 2 N–H and O–H groups in total. The summed E-state index contributed by atoms with van der Waals surface area (Å²) < 4.78 is 5.61. The van der Waals surface area contributed by atoms with Crippen LogP contribution in [0.25, 0.3) is 11.5 Å². The van der Waals surface area contributed by atoms with Crippen LogP contribution in [0.5, 0.6) is 0 Å². The van der Waals surface area contributed by atoms with Gasteiger partial charge in [0.1, 0.15) is 0 Å². The Morgan fingerprint density at radius 1 is 1.25 bits per heavy atom. The van der Waals surface area contributed by atoms with Crippen LogP contribution >= 0.6 is 0 Å². The van der Waals surface area contributed by atoms with Crippen molar-refractivity contribution in [1.82, 2.24) is 15.5 Å². The largest absolute Gasteiger partial charge is 0.419 e. The van der Waals surface area contributed by atoms with E-state index in [-0.39, 0.29) is 6.61 Å². The summed E-state index contributed by atoms with van der Waals surface area (Å²) in [7, 11) is 0. The zero-order valence-electron chi connectivity index (χ0n) is 11.7. The molecule has 0 radical (unpaired) electrons. The molecule has 0 aliphatic carbocycles. The topological polar surface area (TPSA) is 71.2 Å². The molecule has 20 heavy (non-hydrogen) atoms. The number of nitrogens with one attached hydrogen (secondary N) is 1. The van der Waals surface area contributed by atoms with Crippen LogP contribution < -0.4 is 5.32 Å². The minimum Gasteiger partial charge on any atom is -0.419 e. The van der Waals surface area contributed by atoms with Gasteiger partial charge in [-0.3, -0.25) is 0 Å². The summed E-state index contributed by atoms with van der Waals surface area (Å²) in [5.41, 5.74) is 0.929. The van der Waals surface area contributed by atoms with Crippen LogP contribution in [0.15, 0.2) is 34.7 Å². The monoisotopic (exact) mass is 275 g/mol. The summed E-state index contributed by atoms with van der Waals surface area (Å²) in [6, 6.07) is 9.73. The Morgan fingerprint density at radius 3 is 2.75 bits per heavy atom. The third-order valence-electron chi connectivity index (χ3n) is 3.31. The summed E-state index contributed by atoms with van der Waals surface area (Å²) in [5.74, 6) is 1.61. The van der Waals surface area contributed by atoms with E-state index in [0.717, 1.165) is 24.9 Å². The lowest BCUT2D eigenvalue weighted by Crippen LogP contribution is -2.23. The summed E-state index contributed by atoms with van der Waals surface area (Å²) in [4.78, 5) is 0. The van der Waals surface area contributed by atoms with E-state index in [9.17, 15) is 0 Å². The molecule has 0 fully saturated rings. The van der Waals surface area contributed by atoms with Gasteiger partial charge in [-0.25, -0.2) is 0 Å². The van der Waals surface area contributed by atoms with Crippen LogP contribution in [0.2, 0.25) is 0 Å². The lowest BCUT2D eigenvalue weighted by Gasteiger charge is -2.12. The molecule has 0 amide bonds. The van der Waals surface area contributed by atoms with Gasteiger partial charge in [-0.05, 0) is 31.0 Å². The Bertz CT molecular complexity index is 499. The van der Waals surface area contributed by atoms with E-state index in [1.807, 2.05) is 30.3 Å². The predicted octanol–water partition coefficient (Wildman–Crippen LogP) is 2.23. The van der Waals surface area contributed by atoms with Crippen LogP contribution in [-0.2, 0) is 6.54 Å². The zero-order chi connectivity index (χ0) is 14.2. The number of rotatable bonds is 8. The number of nitrogens with zero attached hydrogens (tertiary/aromatic N) is 2. The van der Waals surface area contributed by atoms with Crippen LogP contribution in [0.1, 0.15) is 25.7 Å². The van der Waals surface area contributed by atoms with E-state index in [0.29, 0.717) is 24.2 Å². The second-order valence-corrected chi connectivity index (χ2v) is 4.78. The Morgan fingerprint density at radius 2 is 2.05 bits per heavy atom. The summed E-state index contributed by atoms with van der Waals surface area (Å²) >= 11 is 0. The first-order chi connectivity index (χ1) is 9.83. The molecule has 0 aliphatic rings. The van der Waals surface area contributed by atoms with Crippen molar-refractivity contribution in [2.24, 2.45) is 5.92 Å². The summed E-state index contributed by atoms with van der Waals surface area (Å²) in [5, 5.41) is 20.3. The molecule has 2 aromatic rings. The van der Waals surface area contributed by atoms with Gasteiger partial charge in [0.2, 0.25) is 11.8 Å². The number of aliphatic hydroxyl groups excluding tert-OH is 1. The fraction of sp³-hybridized carbons (Fsp3) is 0.467. The third kappa shape index (κ3) is 4.15. The van der Waals surface area contributed by atoms with Gasteiger partial charge in [-0.2, -0.15) is 0 Å². The predicted molar refractivity (Wildman–Crippen MR) is 76.9 cm³/mol. The van der Waals surface area contributed by atoms with Gasteiger partial charge in [0.25, 0.3) is 0 Å². The van der Waals surface area contributed by atoms with Crippen LogP contribution in [0, 0.1) is 5.92 Å². The number of benzene rings is 1. The Balaban J connectivity index is 1.84. The highest BCUT2D eigenvalue weighted by atomic mass is 16.4. The molecular formula is C15H21N3O2. The fourth-order valence-corrected chi connectivity index (χ4v) is 2.04. The van der Waals surface area contributed by atoms with Crippen molar-refractivity contribution < 1.29 is 9.52 Å². The van der Waals surface area contributed by atoms with Crippen molar-refractivity contribution in [3.05, 3.63) is 36.2 Å². The summed E-state index contributed by atoms with van der Waals surface area (Å²) in [6.07, 6.45) is 1.87. The molecule has 108 valence electrons. The SMILES string of the molecule is CCC(CCO)CNCc1nnc(-c2ccccc2)o1. The minimum atomic E-state index is 0.235. The molecule has 0 spiro atoms. The smallest absolute Gasteiger partial charge is 0.247 e. The van der Waals surface area contributed by atoms with Gasteiger partial charge in [-0.15, -0.1) is 10.2 Å². The standard InChI is InChI=1S/C15H21N3O2/c1-2-12(8-9-19)10-16-11-14-17-18-15(20-14)13-6-4-3-5-7-13/h3-7,12,16,19H,2,8-11H2,1H3. The van der Waals surface area contributed by atoms with Crippen LogP contribution in [-0.4, -0.2) is 28.5 Å². The lowest BCUT2D eigenvalue weighted by molar-refractivity contribution is 0.250. The fourth-order valence-electron chi connectivity index (χ4n) is 2.04. The third-order valence-corrected chi connectivity index (χ3v) is 3.31. The zero-order valence-corrected chi connectivity index (χ0v) is 11.7. The van der Waals surface area contributed by atoms with Crippen molar-refractivity contribution in [2.45, 2.75) is 26.3 Å². The van der Waals surface area contributed by atoms with Crippen molar-refractivity contribution in [1.29, 1.82) is 0 Å². The maximum atomic E-state index is 8.94. The Hall–Kier alpha value is -1.72. The molecular weight excluding hydrogens is 254 g/mol. The van der Waals surface area contributed by atoms with E-state index in [1.165, 1.54) is 0 Å².